The molecule has 2 aromatic rings. The van der Waals surface area contributed by atoms with Crippen LogP contribution in [0.15, 0.2) is 59.6 Å². The first-order valence-electron chi connectivity index (χ1n) is 10.8. The minimum Gasteiger partial charge on any atom is -0.354 e. The van der Waals surface area contributed by atoms with Crippen LogP contribution in [0.4, 0.5) is 0 Å². The summed E-state index contributed by atoms with van der Waals surface area (Å²) in [5, 5.41) is 9.77. The highest BCUT2D eigenvalue weighted by molar-refractivity contribution is 5.94. The molecule has 1 aliphatic heterocycles. The van der Waals surface area contributed by atoms with Gasteiger partial charge in [0.1, 0.15) is 0 Å². The summed E-state index contributed by atoms with van der Waals surface area (Å²) < 4.78 is 0. The number of aliphatic imine (C=N–C) groups is 1. The molecule has 0 aromatic heterocycles. The molecular formula is C24H33N5O. The lowest BCUT2D eigenvalue weighted by atomic mass is 10.0. The lowest BCUT2D eigenvalue weighted by Gasteiger charge is -2.33. The monoisotopic (exact) mass is 407 g/mol. The number of carbonyl (C=O) groups is 1. The molecule has 1 saturated heterocycles. The standard InChI is InChI=1S/C24H33N5O/c1-3-26-23(30)21-11-7-10-20(16-21)17-27-24(25-2)28-22-12-14-29(15-13-22)18-19-8-5-4-6-9-19/h4-11,16,22H,3,12-15,17-18H2,1-2H3,(H,26,30)(H2,25,27,28). The maximum atomic E-state index is 12.0. The van der Waals surface area contributed by atoms with E-state index in [9.17, 15) is 4.79 Å². The van der Waals surface area contributed by atoms with Crippen molar-refractivity contribution in [3.8, 4) is 0 Å². The number of guanidine groups is 1. The highest BCUT2D eigenvalue weighted by Crippen LogP contribution is 2.14. The van der Waals surface area contributed by atoms with Gasteiger partial charge < -0.3 is 16.0 Å². The van der Waals surface area contributed by atoms with Crippen LogP contribution in [-0.4, -0.2) is 49.5 Å². The Morgan fingerprint density at radius 1 is 1.03 bits per heavy atom. The predicted octanol–water partition coefficient (Wildman–Crippen LogP) is 2.77. The van der Waals surface area contributed by atoms with Gasteiger partial charge in [-0.05, 0) is 43.0 Å². The number of benzene rings is 2. The van der Waals surface area contributed by atoms with Gasteiger partial charge in [0, 0.05) is 51.4 Å². The molecular weight excluding hydrogens is 374 g/mol. The summed E-state index contributed by atoms with van der Waals surface area (Å²) in [7, 11) is 1.80. The Morgan fingerprint density at radius 2 is 1.77 bits per heavy atom. The Bertz CT molecular complexity index is 828. The van der Waals surface area contributed by atoms with Crippen molar-refractivity contribution in [2.24, 2.45) is 4.99 Å². The summed E-state index contributed by atoms with van der Waals surface area (Å²) in [6.45, 7) is 6.35. The second-order valence-corrected chi connectivity index (χ2v) is 7.67. The molecule has 6 heteroatoms. The molecule has 1 heterocycles. The first-order valence-corrected chi connectivity index (χ1v) is 10.8. The number of hydrogen-bond acceptors (Lipinski definition) is 3. The average Bonchev–Trinajstić information content (AvgIpc) is 2.79. The third-order valence-corrected chi connectivity index (χ3v) is 5.39. The van der Waals surface area contributed by atoms with Gasteiger partial charge >= 0.3 is 0 Å². The Labute approximate surface area is 179 Å². The summed E-state index contributed by atoms with van der Waals surface area (Å²) in [4.78, 5) is 18.9. The molecule has 160 valence electrons. The summed E-state index contributed by atoms with van der Waals surface area (Å²) in [5.74, 6) is 0.768. The highest BCUT2D eigenvalue weighted by Gasteiger charge is 2.20. The van der Waals surface area contributed by atoms with Crippen LogP contribution in [0.3, 0.4) is 0 Å². The lowest BCUT2D eigenvalue weighted by molar-refractivity contribution is 0.0955. The number of piperidine rings is 1. The Morgan fingerprint density at radius 3 is 2.47 bits per heavy atom. The van der Waals surface area contributed by atoms with Crippen LogP contribution in [0.2, 0.25) is 0 Å². The SMILES string of the molecule is CCNC(=O)c1cccc(CNC(=NC)NC2CCN(Cc3ccccc3)CC2)c1. The molecule has 30 heavy (non-hydrogen) atoms. The molecule has 1 amide bonds. The van der Waals surface area contributed by atoms with Gasteiger partial charge in [-0.1, -0.05) is 42.5 Å². The zero-order chi connectivity index (χ0) is 21.2. The van der Waals surface area contributed by atoms with Crippen molar-refractivity contribution in [2.75, 3.05) is 26.7 Å². The molecule has 0 bridgehead atoms. The first-order chi connectivity index (χ1) is 14.7. The fourth-order valence-corrected chi connectivity index (χ4v) is 3.74. The number of nitrogens with one attached hydrogen (secondary N) is 3. The average molecular weight is 408 g/mol. The number of carbonyl (C=O) groups excluding carboxylic acids is 1. The van der Waals surface area contributed by atoms with E-state index in [-0.39, 0.29) is 5.91 Å². The normalized spacial score (nSPS) is 15.6. The molecule has 1 aliphatic rings. The van der Waals surface area contributed by atoms with Crippen LogP contribution in [-0.2, 0) is 13.1 Å². The van der Waals surface area contributed by atoms with E-state index in [0.717, 1.165) is 44.0 Å². The van der Waals surface area contributed by atoms with Crippen molar-refractivity contribution >= 4 is 11.9 Å². The topological polar surface area (TPSA) is 68.8 Å². The maximum Gasteiger partial charge on any atom is 0.251 e. The second kappa shape index (κ2) is 11.4. The Kier molecular flexibility index (Phi) is 8.27. The van der Waals surface area contributed by atoms with Gasteiger partial charge in [-0.25, -0.2) is 0 Å². The Balaban J connectivity index is 1.44. The van der Waals surface area contributed by atoms with Gasteiger partial charge in [0.25, 0.3) is 5.91 Å². The van der Waals surface area contributed by atoms with Crippen molar-refractivity contribution in [1.82, 2.24) is 20.9 Å². The lowest BCUT2D eigenvalue weighted by Crippen LogP contribution is -2.48. The summed E-state index contributed by atoms with van der Waals surface area (Å²) in [6.07, 6.45) is 2.19. The van der Waals surface area contributed by atoms with Crippen LogP contribution in [0.1, 0.15) is 41.3 Å². The van der Waals surface area contributed by atoms with Crippen LogP contribution in [0.25, 0.3) is 0 Å². The molecule has 3 rings (SSSR count). The van der Waals surface area contributed by atoms with Crippen molar-refractivity contribution in [2.45, 2.75) is 38.9 Å². The van der Waals surface area contributed by atoms with Crippen molar-refractivity contribution in [3.05, 3.63) is 71.3 Å². The third-order valence-electron chi connectivity index (χ3n) is 5.39. The zero-order valence-corrected chi connectivity index (χ0v) is 18.0. The van der Waals surface area contributed by atoms with Crippen LogP contribution in [0, 0.1) is 0 Å². The molecule has 3 N–H and O–H groups in total. The van der Waals surface area contributed by atoms with Gasteiger partial charge in [0.2, 0.25) is 0 Å². The highest BCUT2D eigenvalue weighted by atomic mass is 16.1. The van der Waals surface area contributed by atoms with E-state index in [1.165, 1.54) is 5.56 Å². The van der Waals surface area contributed by atoms with Gasteiger partial charge in [0.05, 0.1) is 0 Å². The fraction of sp³-hybridized carbons (Fsp3) is 0.417. The van der Waals surface area contributed by atoms with Crippen molar-refractivity contribution in [3.63, 3.8) is 0 Å². The largest absolute Gasteiger partial charge is 0.354 e. The predicted molar refractivity (Wildman–Crippen MR) is 123 cm³/mol. The summed E-state index contributed by atoms with van der Waals surface area (Å²) in [5.41, 5.74) is 3.11. The minimum atomic E-state index is -0.0379. The Hall–Kier alpha value is -2.86. The number of likely N-dealkylation sites (tertiary alicyclic amines) is 1. The fourth-order valence-electron chi connectivity index (χ4n) is 3.74. The van der Waals surface area contributed by atoms with E-state index in [1.807, 2.05) is 31.2 Å². The smallest absolute Gasteiger partial charge is 0.251 e. The summed E-state index contributed by atoms with van der Waals surface area (Å²) >= 11 is 0. The van der Waals surface area contributed by atoms with E-state index in [4.69, 9.17) is 0 Å². The molecule has 0 atom stereocenters. The third kappa shape index (κ3) is 6.59. The minimum absolute atomic E-state index is 0.0379. The molecule has 0 saturated carbocycles. The zero-order valence-electron chi connectivity index (χ0n) is 18.0. The van der Waals surface area contributed by atoms with Crippen LogP contribution >= 0.6 is 0 Å². The molecule has 1 fully saturated rings. The quantitative estimate of drug-likeness (QED) is 0.488. The number of nitrogens with zero attached hydrogens (tertiary/aromatic N) is 2. The number of amides is 1. The second-order valence-electron chi connectivity index (χ2n) is 7.67. The van der Waals surface area contributed by atoms with E-state index in [0.29, 0.717) is 24.7 Å². The molecule has 0 spiro atoms. The van der Waals surface area contributed by atoms with Gasteiger partial charge in [0.15, 0.2) is 5.96 Å². The van der Waals surface area contributed by atoms with E-state index in [1.54, 1.807) is 7.05 Å². The van der Waals surface area contributed by atoms with Gasteiger partial charge in [-0.3, -0.25) is 14.7 Å². The molecule has 2 aromatic carbocycles. The first kappa shape index (κ1) is 21.8. The summed E-state index contributed by atoms with van der Waals surface area (Å²) in [6, 6.07) is 18.8. The van der Waals surface area contributed by atoms with Gasteiger partial charge in [-0.2, -0.15) is 0 Å². The van der Waals surface area contributed by atoms with Crippen LogP contribution < -0.4 is 16.0 Å². The van der Waals surface area contributed by atoms with Gasteiger partial charge in [-0.15, -0.1) is 0 Å². The molecule has 0 radical (unpaired) electrons. The molecule has 0 unspecified atom stereocenters. The number of hydrogen-bond donors (Lipinski definition) is 3. The number of rotatable bonds is 7. The molecule has 6 nitrogen and oxygen atoms in total. The van der Waals surface area contributed by atoms with Crippen molar-refractivity contribution in [1.29, 1.82) is 0 Å². The molecule has 0 aliphatic carbocycles. The van der Waals surface area contributed by atoms with E-state index < -0.39 is 0 Å². The van der Waals surface area contributed by atoms with Crippen LogP contribution in [0.5, 0.6) is 0 Å². The maximum absolute atomic E-state index is 12.0. The van der Waals surface area contributed by atoms with E-state index >= 15 is 0 Å². The van der Waals surface area contributed by atoms with Crippen molar-refractivity contribution < 1.29 is 4.79 Å². The van der Waals surface area contributed by atoms with E-state index in [2.05, 4.69) is 56.2 Å².